The SMILES string of the molecule is O=C(CN1C(=O)c2ccccc2C1=O)Nc1cscc1S(=O)(=O)c1ccccc1. The van der Waals surface area contributed by atoms with E-state index in [1.165, 1.54) is 35.0 Å². The molecule has 0 bridgehead atoms. The van der Waals surface area contributed by atoms with E-state index in [1.807, 2.05) is 0 Å². The highest BCUT2D eigenvalue weighted by Crippen LogP contribution is 2.31. The van der Waals surface area contributed by atoms with Crippen molar-refractivity contribution in [1.29, 1.82) is 0 Å². The second kappa shape index (κ2) is 7.26. The van der Waals surface area contributed by atoms with E-state index < -0.39 is 34.1 Å². The first-order chi connectivity index (χ1) is 13.9. The average molecular weight is 426 g/mol. The van der Waals surface area contributed by atoms with Crippen LogP contribution in [0.2, 0.25) is 0 Å². The zero-order valence-corrected chi connectivity index (χ0v) is 16.5. The predicted molar refractivity (Wildman–Crippen MR) is 107 cm³/mol. The van der Waals surface area contributed by atoms with Gasteiger partial charge in [0, 0.05) is 10.8 Å². The molecular formula is C20H14N2O5S2. The number of anilines is 1. The second-order valence-corrected chi connectivity index (χ2v) is 8.92. The maximum Gasteiger partial charge on any atom is 0.262 e. The Hall–Kier alpha value is -3.30. The number of hydrogen-bond donors (Lipinski definition) is 1. The van der Waals surface area contributed by atoms with E-state index in [1.54, 1.807) is 30.3 Å². The third-order valence-corrected chi connectivity index (χ3v) is 7.13. The molecule has 1 aliphatic rings. The average Bonchev–Trinajstić information content (AvgIpc) is 3.28. The molecule has 0 saturated heterocycles. The van der Waals surface area contributed by atoms with Gasteiger partial charge < -0.3 is 5.32 Å². The van der Waals surface area contributed by atoms with Crippen LogP contribution in [0, 0.1) is 0 Å². The van der Waals surface area contributed by atoms with Gasteiger partial charge in [-0.05, 0) is 24.3 Å². The zero-order valence-electron chi connectivity index (χ0n) is 14.9. The molecule has 0 fully saturated rings. The standard InChI is InChI=1S/C20H14N2O5S2/c23-18(10-22-19(24)14-8-4-5-9-15(14)20(22)25)21-16-11-28-12-17(16)29(26,27)13-6-2-1-3-7-13/h1-9,11-12H,10H2,(H,21,23). The molecule has 3 aromatic rings. The fraction of sp³-hybridized carbons (Fsp3) is 0.0500. The number of hydrogen-bond acceptors (Lipinski definition) is 6. The van der Waals surface area contributed by atoms with E-state index in [9.17, 15) is 22.8 Å². The first-order valence-electron chi connectivity index (χ1n) is 8.51. The fourth-order valence-electron chi connectivity index (χ4n) is 3.03. The minimum Gasteiger partial charge on any atom is -0.323 e. The number of thiophene rings is 1. The lowest BCUT2D eigenvalue weighted by molar-refractivity contribution is -0.116. The minimum atomic E-state index is -3.82. The molecule has 0 saturated carbocycles. The van der Waals surface area contributed by atoms with E-state index >= 15 is 0 Å². The summed E-state index contributed by atoms with van der Waals surface area (Å²) in [5, 5.41) is 5.43. The Balaban J connectivity index is 1.54. The van der Waals surface area contributed by atoms with Crippen LogP contribution in [0.4, 0.5) is 5.69 Å². The summed E-state index contributed by atoms with van der Waals surface area (Å²) in [6.45, 7) is -0.507. The van der Waals surface area contributed by atoms with Gasteiger partial charge in [-0.15, -0.1) is 11.3 Å². The van der Waals surface area contributed by atoms with Gasteiger partial charge in [0.05, 0.1) is 21.7 Å². The number of carbonyl (C=O) groups excluding carboxylic acids is 3. The summed E-state index contributed by atoms with van der Waals surface area (Å²) in [6.07, 6.45) is 0. The predicted octanol–water partition coefficient (Wildman–Crippen LogP) is 2.82. The molecule has 2 heterocycles. The zero-order chi connectivity index (χ0) is 20.6. The number of nitrogens with one attached hydrogen (secondary N) is 1. The van der Waals surface area contributed by atoms with Crippen molar-refractivity contribution >= 4 is 44.6 Å². The van der Waals surface area contributed by atoms with Crippen molar-refractivity contribution in [3.63, 3.8) is 0 Å². The fourth-order valence-corrected chi connectivity index (χ4v) is 5.58. The maximum absolute atomic E-state index is 12.8. The van der Waals surface area contributed by atoms with Crippen LogP contribution in [-0.4, -0.2) is 37.6 Å². The van der Waals surface area contributed by atoms with Gasteiger partial charge in [0.15, 0.2) is 0 Å². The van der Waals surface area contributed by atoms with E-state index in [2.05, 4.69) is 5.32 Å². The second-order valence-electron chi connectivity index (χ2n) is 6.26. The first-order valence-corrected chi connectivity index (χ1v) is 10.9. The molecule has 0 radical (unpaired) electrons. The van der Waals surface area contributed by atoms with Gasteiger partial charge in [-0.2, -0.15) is 0 Å². The van der Waals surface area contributed by atoms with Gasteiger partial charge in [0.2, 0.25) is 15.7 Å². The highest BCUT2D eigenvalue weighted by Gasteiger charge is 2.36. The molecule has 146 valence electrons. The van der Waals surface area contributed by atoms with Crippen molar-refractivity contribution in [3.8, 4) is 0 Å². The van der Waals surface area contributed by atoms with Crippen LogP contribution in [0.1, 0.15) is 20.7 Å². The van der Waals surface area contributed by atoms with Crippen LogP contribution in [0.3, 0.4) is 0 Å². The summed E-state index contributed by atoms with van der Waals surface area (Å²) in [7, 11) is -3.82. The van der Waals surface area contributed by atoms with Crippen LogP contribution in [-0.2, 0) is 14.6 Å². The van der Waals surface area contributed by atoms with Crippen LogP contribution in [0.25, 0.3) is 0 Å². The van der Waals surface area contributed by atoms with Crippen molar-refractivity contribution in [2.24, 2.45) is 0 Å². The molecule has 1 aromatic heterocycles. The molecule has 0 aliphatic carbocycles. The van der Waals surface area contributed by atoms with Crippen LogP contribution in [0.5, 0.6) is 0 Å². The van der Waals surface area contributed by atoms with Crippen LogP contribution >= 0.6 is 11.3 Å². The normalized spacial score (nSPS) is 13.4. The molecular weight excluding hydrogens is 412 g/mol. The molecule has 2 aromatic carbocycles. The van der Waals surface area contributed by atoms with Crippen molar-refractivity contribution in [1.82, 2.24) is 4.90 Å². The lowest BCUT2D eigenvalue weighted by Crippen LogP contribution is -2.37. The summed E-state index contributed by atoms with van der Waals surface area (Å²) in [4.78, 5) is 38.2. The quantitative estimate of drug-likeness (QED) is 0.633. The summed E-state index contributed by atoms with van der Waals surface area (Å²) in [6, 6.07) is 14.2. The first kappa shape index (κ1) is 19.0. The van der Waals surface area contributed by atoms with Crippen LogP contribution < -0.4 is 5.32 Å². The Bertz CT molecular complexity index is 1200. The molecule has 0 spiro atoms. The number of nitrogens with zero attached hydrogens (tertiary/aromatic N) is 1. The molecule has 29 heavy (non-hydrogen) atoms. The van der Waals surface area contributed by atoms with Gasteiger partial charge in [-0.1, -0.05) is 30.3 Å². The van der Waals surface area contributed by atoms with Gasteiger partial charge in [0.25, 0.3) is 11.8 Å². The van der Waals surface area contributed by atoms with Crippen molar-refractivity contribution in [2.75, 3.05) is 11.9 Å². The molecule has 1 N–H and O–H groups in total. The monoisotopic (exact) mass is 426 g/mol. The van der Waals surface area contributed by atoms with Crippen molar-refractivity contribution < 1.29 is 22.8 Å². The number of rotatable bonds is 5. The van der Waals surface area contributed by atoms with Gasteiger partial charge in [0.1, 0.15) is 11.4 Å². The van der Waals surface area contributed by atoms with Crippen molar-refractivity contribution in [2.45, 2.75) is 9.79 Å². The summed E-state index contributed by atoms with van der Waals surface area (Å²) in [5.74, 6) is -1.77. The summed E-state index contributed by atoms with van der Waals surface area (Å²) in [5.41, 5.74) is 0.599. The molecule has 0 atom stereocenters. The highest BCUT2D eigenvalue weighted by molar-refractivity contribution is 7.91. The van der Waals surface area contributed by atoms with Gasteiger partial charge in [-0.25, -0.2) is 8.42 Å². The van der Waals surface area contributed by atoms with Crippen LogP contribution in [0.15, 0.2) is 75.1 Å². The third kappa shape index (κ3) is 3.34. The Morgan fingerprint density at radius 1 is 0.897 bits per heavy atom. The maximum atomic E-state index is 12.8. The Morgan fingerprint density at radius 3 is 2.10 bits per heavy atom. The third-order valence-electron chi connectivity index (χ3n) is 4.42. The summed E-state index contributed by atoms with van der Waals surface area (Å²) < 4.78 is 25.7. The van der Waals surface area contributed by atoms with Gasteiger partial charge in [-0.3, -0.25) is 19.3 Å². The van der Waals surface area contributed by atoms with E-state index in [-0.39, 0.29) is 26.6 Å². The smallest absolute Gasteiger partial charge is 0.262 e. The Kier molecular flexibility index (Phi) is 4.77. The highest BCUT2D eigenvalue weighted by atomic mass is 32.2. The largest absolute Gasteiger partial charge is 0.323 e. The molecule has 3 amide bonds. The lowest BCUT2D eigenvalue weighted by Gasteiger charge is -2.14. The number of amides is 3. The molecule has 9 heteroatoms. The molecule has 0 unspecified atom stereocenters. The van der Waals surface area contributed by atoms with Gasteiger partial charge >= 0.3 is 0 Å². The van der Waals surface area contributed by atoms with Crippen molar-refractivity contribution in [3.05, 3.63) is 76.5 Å². The number of imide groups is 1. The lowest BCUT2D eigenvalue weighted by atomic mass is 10.1. The summed E-state index contributed by atoms with van der Waals surface area (Å²) >= 11 is 1.12. The number of carbonyl (C=O) groups is 3. The topological polar surface area (TPSA) is 101 Å². The molecule has 7 nitrogen and oxygen atoms in total. The number of benzene rings is 2. The minimum absolute atomic E-state index is 0.0376. The number of fused-ring (bicyclic) bond motifs is 1. The van der Waals surface area contributed by atoms with E-state index in [0.717, 1.165) is 16.2 Å². The molecule has 1 aliphatic heterocycles. The Labute approximate surface area is 170 Å². The Morgan fingerprint density at radius 2 is 1.48 bits per heavy atom. The number of sulfone groups is 1. The van der Waals surface area contributed by atoms with E-state index in [0.29, 0.717) is 0 Å². The molecule has 4 rings (SSSR count). The van der Waals surface area contributed by atoms with E-state index in [4.69, 9.17) is 0 Å².